The lowest BCUT2D eigenvalue weighted by atomic mass is 10.0. The second-order valence-electron chi connectivity index (χ2n) is 9.39. The summed E-state index contributed by atoms with van der Waals surface area (Å²) in [6.45, 7) is 4.81. The molecule has 3 aromatic carbocycles. The van der Waals surface area contributed by atoms with Crippen LogP contribution in [0.5, 0.6) is 17.2 Å². The number of aliphatic carboxylic acids is 1. The minimum Gasteiger partial charge on any atom is -0.497 e. The topological polar surface area (TPSA) is 87.0 Å². The number of hydrogen-bond donors (Lipinski definition) is 1. The van der Waals surface area contributed by atoms with Crippen LogP contribution in [0.4, 0.5) is 13.2 Å². The summed E-state index contributed by atoms with van der Waals surface area (Å²) in [6, 6.07) is 17.1. The molecule has 0 aliphatic heterocycles. The molecule has 0 radical (unpaired) electrons. The molecule has 0 saturated heterocycles. The van der Waals surface area contributed by atoms with E-state index in [0.717, 1.165) is 5.56 Å². The number of alkyl halides is 3. The molecule has 0 saturated carbocycles. The van der Waals surface area contributed by atoms with E-state index in [1.54, 1.807) is 60.0 Å². The van der Waals surface area contributed by atoms with Crippen LogP contribution in [0.3, 0.4) is 0 Å². The van der Waals surface area contributed by atoms with Crippen molar-refractivity contribution in [2.75, 3.05) is 7.11 Å². The van der Waals surface area contributed by atoms with Gasteiger partial charge in [0.1, 0.15) is 17.2 Å². The fourth-order valence-corrected chi connectivity index (χ4v) is 4.21. The van der Waals surface area contributed by atoms with Gasteiger partial charge in [0.05, 0.1) is 18.2 Å². The Balaban J connectivity index is 1.76. The molecule has 7 nitrogen and oxygen atoms in total. The number of ketones is 1. The molecule has 0 aliphatic carbocycles. The second-order valence-corrected chi connectivity index (χ2v) is 9.39. The van der Waals surface area contributed by atoms with Gasteiger partial charge in [0, 0.05) is 29.3 Å². The standard InChI is InChI=1S/C29H26F3NO6/c1-17-25(26(34)19-7-11-20(37-4)12-8-19)23-14-13-22(39-29(30,31)32)15-24(23)33(17)16-18-5-9-21(10-6-18)38-28(2,3)27(35)36/h5-15H,16H2,1-4H3,(H,35,36). The Morgan fingerprint density at radius 2 is 1.46 bits per heavy atom. The zero-order valence-electron chi connectivity index (χ0n) is 21.6. The molecule has 0 spiro atoms. The van der Waals surface area contributed by atoms with Crippen LogP contribution in [0.15, 0.2) is 66.7 Å². The summed E-state index contributed by atoms with van der Waals surface area (Å²) in [5.74, 6) is -0.887. The number of carbonyl (C=O) groups is 2. The van der Waals surface area contributed by atoms with Crippen molar-refractivity contribution in [3.8, 4) is 17.2 Å². The van der Waals surface area contributed by atoms with Crippen LogP contribution in [-0.4, -0.2) is 40.5 Å². The number of nitrogens with zero attached hydrogens (tertiary/aromatic N) is 1. The molecule has 0 amide bonds. The summed E-state index contributed by atoms with van der Waals surface area (Å²) < 4.78 is 55.4. The molecule has 204 valence electrons. The first kappa shape index (κ1) is 27.6. The highest BCUT2D eigenvalue weighted by molar-refractivity contribution is 6.17. The normalized spacial score (nSPS) is 11.9. The number of hydrogen-bond acceptors (Lipinski definition) is 5. The maximum Gasteiger partial charge on any atom is 0.573 e. The van der Waals surface area contributed by atoms with Gasteiger partial charge in [0.15, 0.2) is 11.4 Å². The molecule has 10 heteroatoms. The molecule has 4 aromatic rings. The van der Waals surface area contributed by atoms with Gasteiger partial charge < -0.3 is 23.9 Å². The van der Waals surface area contributed by atoms with Gasteiger partial charge in [0.2, 0.25) is 0 Å². The van der Waals surface area contributed by atoms with E-state index >= 15 is 0 Å². The van der Waals surface area contributed by atoms with E-state index in [1.807, 2.05) is 0 Å². The summed E-state index contributed by atoms with van der Waals surface area (Å²) in [5, 5.41) is 9.77. The summed E-state index contributed by atoms with van der Waals surface area (Å²) in [4.78, 5) is 24.9. The number of aromatic nitrogens is 1. The first-order valence-electron chi connectivity index (χ1n) is 11.9. The Labute approximate surface area is 222 Å². The number of fused-ring (bicyclic) bond motifs is 1. The molecule has 1 N–H and O–H groups in total. The van der Waals surface area contributed by atoms with Crippen LogP contribution in [0.1, 0.15) is 41.0 Å². The monoisotopic (exact) mass is 541 g/mol. The summed E-state index contributed by atoms with van der Waals surface area (Å²) in [6.07, 6.45) is -4.87. The van der Waals surface area contributed by atoms with Crippen molar-refractivity contribution in [2.45, 2.75) is 39.3 Å². The van der Waals surface area contributed by atoms with Crippen LogP contribution < -0.4 is 14.2 Å². The molecule has 1 heterocycles. The number of carbonyl (C=O) groups excluding carboxylic acids is 1. The number of rotatable bonds is 9. The lowest BCUT2D eigenvalue weighted by Gasteiger charge is -2.21. The van der Waals surface area contributed by atoms with Crippen molar-refractivity contribution in [3.63, 3.8) is 0 Å². The minimum atomic E-state index is -4.87. The van der Waals surface area contributed by atoms with Crippen LogP contribution in [0.2, 0.25) is 0 Å². The first-order valence-corrected chi connectivity index (χ1v) is 11.9. The van der Waals surface area contributed by atoms with Crippen molar-refractivity contribution >= 4 is 22.7 Å². The van der Waals surface area contributed by atoms with Crippen LogP contribution in [-0.2, 0) is 11.3 Å². The molecule has 0 bridgehead atoms. The van der Waals surface area contributed by atoms with E-state index in [-0.39, 0.29) is 12.3 Å². The van der Waals surface area contributed by atoms with Gasteiger partial charge in [0.25, 0.3) is 0 Å². The van der Waals surface area contributed by atoms with Crippen molar-refractivity contribution in [2.24, 2.45) is 0 Å². The molecule has 4 rings (SSSR count). The molecular weight excluding hydrogens is 515 g/mol. The summed E-state index contributed by atoms with van der Waals surface area (Å²) >= 11 is 0. The second kappa shape index (κ2) is 10.4. The minimum absolute atomic E-state index is 0.219. The smallest absolute Gasteiger partial charge is 0.497 e. The average molecular weight is 542 g/mol. The molecule has 0 unspecified atom stereocenters. The SMILES string of the molecule is COc1ccc(C(=O)c2c(C)n(Cc3ccc(OC(C)(C)C(=O)O)cc3)c3cc(OC(F)(F)F)ccc23)cc1. The number of ether oxygens (including phenoxy) is 3. The predicted molar refractivity (Wildman–Crippen MR) is 138 cm³/mol. The van der Waals surface area contributed by atoms with Crippen molar-refractivity contribution < 1.29 is 42.1 Å². The fraction of sp³-hybridized carbons (Fsp3) is 0.241. The van der Waals surface area contributed by atoms with E-state index < -0.39 is 23.7 Å². The van der Waals surface area contributed by atoms with Crippen molar-refractivity contribution in [1.29, 1.82) is 0 Å². The van der Waals surface area contributed by atoms with E-state index in [4.69, 9.17) is 9.47 Å². The van der Waals surface area contributed by atoms with Gasteiger partial charge in [-0.1, -0.05) is 12.1 Å². The Hall–Kier alpha value is -4.47. The highest BCUT2D eigenvalue weighted by Crippen LogP contribution is 2.34. The first-order chi connectivity index (χ1) is 18.3. The van der Waals surface area contributed by atoms with E-state index in [9.17, 15) is 27.9 Å². The zero-order chi connectivity index (χ0) is 28.5. The van der Waals surface area contributed by atoms with Gasteiger partial charge in [-0.05, 0) is 74.9 Å². The molecule has 0 fully saturated rings. The number of carboxylic acids is 1. The Bertz CT molecular complexity index is 1520. The van der Waals surface area contributed by atoms with Gasteiger partial charge >= 0.3 is 12.3 Å². The predicted octanol–water partition coefficient (Wildman–Crippen LogP) is 6.38. The molecular formula is C29H26F3NO6. The average Bonchev–Trinajstić information content (AvgIpc) is 3.14. The Kier molecular flexibility index (Phi) is 7.32. The quantitative estimate of drug-likeness (QED) is 0.248. The highest BCUT2D eigenvalue weighted by atomic mass is 19.4. The van der Waals surface area contributed by atoms with E-state index in [1.165, 1.54) is 39.2 Å². The van der Waals surface area contributed by atoms with E-state index in [2.05, 4.69) is 4.74 Å². The maximum absolute atomic E-state index is 13.6. The molecule has 0 aliphatic rings. The highest BCUT2D eigenvalue weighted by Gasteiger charge is 2.32. The van der Waals surface area contributed by atoms with Gasteiger partial charge in [-0.3, -0.25) is 4.79 Å². The lowest BCUT2D eigenvalue weighted by molar-refractivity contribution is -0.274. The summed E-state index contributed by atoms with van der Waals surface area (Å²) in [7, 11) is 1.51. The molecule has 0 atom stereocenters. The number of halogens is 3. The Morgan fingerprint density at radius 3 is 2.03 bits per heavy atom. The van der Waals surface area contributed by atoms with Gasteiger partial charge in [-0.25, -0.2) is 4.79 Å². The third kappa shape index (κ3) is 6.00. The number of benzene rings is 3. The van der Waals surface area contributed by atoms with Gasteiger partial charge in [-0.2, -0.15) is 0 Å². The third-order valence-corrected chi connectivity index (χ3v) is 6.26. The van der Waals surface area contributed by atoms with Crippen LogP contribution in [0, 0.1) is 6.92 Å². The molecule has 1 aromatic heterocycles. The maximum atomic E-state index is 13.6. The summed E-state index contributed by atoms with van der Waals surface area (Å²) in [5.41, 5.74) is 1.02. The fourth-order valence-electron chi connectivity index (χ4n) is 4.21. The van der Waals surface area contributed by atoms with Crippen LogP contribution >= 0.6 is 0 Å². The largest absolute Gasteiger partial charge is 0.573 e. The zero-order valence-corrected chi connectivity index (χ0v) is 21.6. The Morgan fingerprint density at radius 1 is 0.872 bits per heavy atom. The number of methoxy groups -OCH3 is 1. The molecule has 39 heavy (non-hydrogen) atoms. The number of carboxylic acid groups (broad SMARTS) is 1. The van der Waals surface area contributed by atoms with Crippen molar-refractivity contribution in [3.05, 3.63) is 89.1 Å². The lowest BCUT2D eigenvalue weighted by Crippen LogP contribution is -2.37. The van der Waals surface area contributed by atoms with E-state index in [0.29, 0.717) is 39.2 Å². The third-order valence-electron chi connectivity index (χ3n) is 6.26. The van der Waals surface area contributed by atoms with Crippen LogP contribution in [0.25, 0.3) is 10.9 Å². The van der Waals surface area contributed by atoms with Gasteiger partial charge in [-0.15, -0.1) is 13.2 Å². The van der Waals surface area contributed by atoms with Crippen molar-refractivity contribution in [1.82, 2.24) is 4.57 Å².